The molecule has 164 valence electrons. The van der Waals surface area contributed by atoms with Crippen LogP contribution in [0.4, 0.5) is 4.39 Å². The topological polar surface area (TPSA) is 69.3 Å². The van der Waals surface area contributed by atoms with E-state index in [-0.39, 0.29) is 17.0 Å². The maximum absolute atomic E-state index is 14.7. The summed E-state index contributed by atoms with van der Waals surface area (Å²) < 4.78 is 14.7. The highest BCUT2D eigenvalue weighted by atomic mass is 19.1. The van der Waals surface area contributed by atoms with E-state index in [1.807, 2.05) is 23.1 Å². The van der Waals surface area contributed by atoms with Crippen molar-refractivity contribution in [2.24, 2.45) is 11.8 Å². The third-order valence-electron chi connectivity index (χ3n) is 7.56. The smallest absolute Gasteiger partial charge is 0.272 e. The maximum atomic E-state index is 14.7. The number of nitrogens with zero attached hydrogens (tertiary/aromatic N) is 3. The van der Waals surface area contributed by atoms with Crippen molar-refractivity contribution in [1.29, 1.82) is 0 Å². The molecular formula is C25H25FN4O2. The molecule has 3 aromatic rings. The third kappa shape index (κ3) is 3.14. The number of aromatic amines is 1. The summed E-state index contributed by atoms with van der Waals surface area (Å²) in [6.07, 6.45) is 2.86. The first-order valence-electron chi connectivity index (χ1n) is 11.4. The molecular weight excluding hydrogens is 407 g/mol. The predicted molar refractivity (Wildman–Crippen MR) is 119 cm³/mol. The fourth-order valence-electron chi connectivity index (χ4n) is 6.07. The molecule has 1 unspecified atom stereocenters. The lowest BCUT2D eigenvalue weighted by molar-refractivity contribution is 0.0765. The SMILES string of the molecule is O=C(c1cc(Cc2n[nH]c(=O)c3ccccc23)ccc1F)N1C[C@@H]2CN3CCCC3[C@H]2C1. The molecule has 3 atom stereocenters. The van der Waals surface area contributed by atoms with Gasteiger partial charge < -0.3 is 4.90 Å². The zero-order valence-corrected chi connectivity index (χ0v) is 17.8. The Morgan fingerprint density at radius 2 is 1.97 bits per heavy atom. The summed E-state index contributed by atoms with van der Waals surface area (Å²) in [7, 11) is 0. The maximum Gasteiger partial charge on any atom is 0.272 e. The van der Waals surface area contributed by atoms with Gasteiger partial charge in [-0.15, -0.1) is 0 Å². The van der Waals surface area contributed by atoms with Gasteiger partial charge in [0.1, 0.15) is 5.82 Å². The van der Waals surface area contributed by atoms with Gasteiger partial charge in [-0.3, -0.25) is 14.5 Å². The van der Waals surface area contributed by atoms with Crippen molar-refractivity contribution in [3.8, 4) is 0 Å². The Bertz CT molecular complexity index is 1270. The van der Waals surface area contributed by atoms with Gasteiger partial charge in [-0.2, -0.15) is 5.10 Å². The number of nitrogens with one attached hydrogen (secondary N) is 1. The molecule has 0 saturated carbocycles. The first kappa shape index (κ1) is 19.6. The lowest BCUT2D eigenvalue weighted by Gasteiger charge is -2.23. The van der Waals surface area contributed by atoms with Crippen molar-refractivity contribution < 1.29 is 9.18 Å². The fraction of sp³-hybridized carbons (Fsp3) is 0.400. The number of benzene rings is 2. The third-order valence-corrected chi connectivity index (χ3v) is 7.56. The molecule has 6 rings (SSSR count). The summed E-state index contributed by atoms with van der Waals surface area (Å²) in [5.41, 5.74) is 1.38. The van der Waals surface area contributed by atoms with Gasteiger partial charge in [-0.05, 0) is 55.0 Å². The van der Waals surface area contributed by atoms with Gasteiger partial charge in [0.15, 0.2) is 0 Å². The van der Waals surface area contributed by atoms with Crippen LogP contribution in [0, 0.1) is 17.7 Å². The molecule has 2 aromatic carbocycles. The first-order chi connectivity index (χ1) is 15.6. The van der Waals surface area contributed by atoms with Crippen LogP contribution in [0.2, 0.25) is 0 Å². The highest BCUT2D eigenvalue weighted by Gasteiger charge is 2.49. The van der Waals surface area contributed by atoms with E-state index >= 15 is 0 Å². The van der Waals surface area contributed by atoms with Crippen molar-refractivity contribution in [3.63, 3.8) is 0 Å². The number of aromatic nitrogens is 2. The van der Waals surface area contributed by atoms with Gasteiger partial charge in [0.05, 0.1) is 16.6 Å². The molecule has 0 bridgehead atoms. The molecule has 7 heteroatoms. The summed E-state index contributed by atoms with van der Waals surface area (Å²) in [6, 6.07) is 12.6. The average molecular weight is 432 g/mol. The van der Waals surface area contributed by atoms with Gasteiger partial charge in [-0.25, -0.2) is 9.49 Å². The van der Waals surface area contributed by atoms with E-state index in [4.69, 9.17) is 0 Å². The number of halogens is 1. The van der Waals surface area contributed by atoms with Gasteiger partial charge >= 0.3 is 0 Å². The molecule has 3 aliphatic heterocycles. The van der Waals surface area contributed by atoms with E-state index in [0.29, 0.717) is 41.9 Å². The largest absolute Gasteiger partial charge is 0.338 e. The van der Waals surface area contributed by atoms with Crippen LogP contribution < -0.4 is 5.56 Å². The van der Waals surface area contributed by atoms with Crippen LogP contribution in [-0.2, 0) is 6.42 Å². The lowest BCUT2D eigenvalue weighted by Crippen LogP contribution is -2.35. The number of fused-ring (bicyclic) bond motifs is 4. The van der Waals surface area contributed by atoms with E-state index in [2.05, 4.69) is 15.1 Å². The molecule has 1 N–H and O–H groups in total. The number of hydrogen-bond donors (Lipinski definition) is 1. The molecule has 3 aliphatic rings. The van der Waals surface area contributed by atoms with E-state index in [0.717, 1.165) is 24.0 Å². The molecule has 3 saturated heterocycles. The molecule has 3 fully saturated rings. The van der Waals surface area contributed by atoms with Gasteiger partial charge in [0.25, 0.3) is 11.5 Å². The van der Waals surface area contributed by atoms with Gasteiger partial charge in [0.2, 0.25) is 0 Å². The summed E-state index contributed by atoms with van der Waals surface area (Å²) in [4.78, 5) is 29.7. The Hall–Kier alpha value is -3.06. The molecule has 32 heavy (non-hydrogen) atoms. The molecule has 4 heterocycles. The number of carbonyl (C=O) groups excluding carboxylic acids is 1. The number of carbonyl (C=O) groups is 1. The Kier molecular flexibility index (Phi) is 4.61. The zero-order valence-electron chi connectivity index (χ0n) is 17.8. The second-order valence-corrected chi connectivity index (χ2v) is 9.37. The quantitative estimate of drug-likeness (QED) is 0.691. The van der Waals surface area contributed by atoms with Gasteiger partial charge in [0, 0.05) is 37.5 Å². The minimum absolute atomic E-state index is 0.125. The van der Waals surface area contributed by atoms with Crippen molar-refractivity contribution >= 4 is 16.7 Å². The number of likely N-dealkylation sites (tertiary alicyclic amines) is 1. The minimum Gasteiger partial charge on any atom is -0.338 e. The van der Waals surface area contributed by atoms with Crippen molar-refractivity contribution in [2.75, 3.05) is 26.2 Å². The normalized spacial score (nSPS) is 24.8. The van der Waals surface area contributed by atoms with Crippen molar-refractivity contribution in [2.45, 2.75) is 25.3 Å². The second-order valence-electron chi connectivity index (χ2n) is 9.37. The summed E-state index contributed by atoms with van der Waals surface area (Å²) in [5, 5.41) is 8.09. The summed E-state index contributed by atoms with van der Waals surface area (Å²) in [5.74, 6) is 0.316. The van der Waals surface area contributed by atoms with E-state index in [9.17, 15) is 14.0 Å². The van der Waals surface area contributed by atoms with E-state index in [1.165, 1.54) is 25.5 Å². The summed E-state index contributed by atoms with van der Waals surface area (Å²) in [6.45, 7) is 3.68. The first-order valence-corrected chi connectivity index (χ1v) is 11.4. The van der Waals surface area contributed by atoms with Crippen LogP contribution in [0.15, 0.2) is 47.3 Å². The molecule has 6 nitrogen and oxygen atoms in total. The van der Waals surface area contributed by atoms with Crippen LogP contribution in [-0.4, -0.2) is 58.1 Å². The molecule has 0 aliphatic carbocycles. The zero-order chi connectivity index (χ0) is 21.8. The van der Waals surface area contributed by atoms with E-state index < -0.39 is 5.82 Å². The Labute approximate surface area is 185 Å². The van der Waals surface area contributed by atoms with Crippen LogP contribution in [0.1, 0.15) is 34.5 Å². The Balaban J connectivity index is 1.26. The molecule has 0 radical (unpaired) electrons. The molecule has 0 spiro atoms. The van der Waals surface area contributed by atoms with Crippen molar-refractivity contribution in [1.82, 2.24) is 20.0 Å². The highest BCUT2D eigenvalue weighted by Crippen LogP contribution is 2.41. The van der Waals surface area contributed by atoms with Gasteiger partial charge in [-0.1, -0.05) is 24.3 Å². The highest BCUT2D eigenvalue weighted by molar-refractivity contribution is 5.95. The van der Waals surface area contributed by atoms with Crippen molar-refractivity contribution in [3.05, 3.63) is 75.5 Å². The standard InChI is InChI=1S/C25H25FN4O2/c26-21-8-7-15(11-22-17-4-1-2-5-18(17)24(31)28-27-22)10-19(21)25(32)30-13-16-12-29-9-3-6-23(29)20(16)14-30/h1-2,4-5,7-8,10,16,20,23H,3,6,9,11-14H2,(H,28,31)/t16-,20-,23?/m0/s1. The average Bonchev–Trinajstić information content (AvgIpc) is 3.49. The number of rotatable bonds is 3. The van der Waals surface area contributed by atoms with Crippen LogP contribution in [0.3, 0.4) is 0 Å². The monoisotopic (exact) mass is 432 g/mol. The molecule has 1 aromatic heterocycles. The minimum atomic E-state index is -0.488. The van der Waals surface area contributed by atoms with E-state index in [1.54, 1.807) is 18.2 Å². The second kappa shape index (κ2) is 7.52. The fourth-order valence-corrected chi connectivity index (χ4v) is 6.07. The predicted octanol–water partition coefficient (Wildman–Crippen LogP) is 2.82. The van der Waals surface area contributed by atoms with Crippen LogP contribution >= 0.6 is 0 Å². The number of hydrogen-bond acceptors (Lipinski definition) is 4. The molecule has 1 amide bonds. The van der Waals surface area contributed by atoms with Crippen LogP contribution in [0.25, 0.3) is 10.8 Å². The van der Waals surface area contributed by atoms with Crippen LogP contribution in [0.5, 0.6) is 0 Å². The Morgan fingerprint density at radius 1 is 1.12 bits per heavy atom. The summed E-state index contributed by atoms with van der Waals surface area (Å²) >= 11 is 0. The number of H-pyrrole nitrogens is 1. The lowest BCUT2D eigenvalue weighted by atomic mass is 9.92. The number of amides is 1. The Morgan fingerprint density at radius 3 is 2.84 bits per heavy atom.